The van der Waals surface area contributed by atoms with E-state index in [-0.39, 0.29) is 0 Å². The van der Waals surface area contributed by atoms with Gasteiger partial charge in [0.25, 0.3) is 0 Å². The van der Waals surface area contributed by atoms with Crippen LogP contribution < -0.4 is 0 Å². The van der Waals surface area contributed by atoms with E-state index >= 15 is 0 Å². The molecule has 0 bridgehead atoms. The van der Waals surface area contributed by atoms with Crippen LogP contribution in [0.15, 0.2) is 12.4 Å². The molecule has 1 aromatic heterocycles. The molecule has 0 spiro atoms. The van der Waals surface area contributed by atoms with Gasteiger partial charge < -0.3 is 0 Å². The van der Waals surface area contributed by atoms with E-state index in [0.717, 1.165) is 12.7 Å². The van der Waals surface area contributed by atoms with E-state index in [1.165, 1.54) is 23.0 Å². The van der Waals surface area contributed by atoms with Gasteiger partial charge >= 0.3 is 0 Å². The number of nitrogens with zero attached hydrogens (tertiary/aromatic N) is 3. The van der Waals surface area contributed by atoms with Crippen LogP contribution in [0, 0.1) is 3.57 Å². The van der Waals surface area contributed by atoms with Crippen LogP contribution in [0.1, 0.15) is 19.8 Å². The first-order valence-corrected chi connectivity index (χ1v) is 5.75. The predicted molar refractivity (Wildman–Crippen MR) is 60.3 cm³/mol. The van der Waals surface area contributed by atoms with E-state index in [1.54, 1.807) is 0 Å². The highest BCUT2D eigenvalue weighted by molar-refractivity contribution is 14.1. The summed E-state index contributed by atoms with van der Waals surface area (Å²) >= 11 is 2.29. The zero-order valence-electron chi connectivity index (χ0n) is 7.78. The Kier molecular flexibility index (Phi) is 2.88. The third-order valence-corrected chi connectivity index (χ3v) is 3.18. The normalized spacial score (nSPS) is 24.0. The van der Waals surface area contributed by atoms with Gasteiger partial charge in [0.2, 0.25) is 0 Å². The second-order valence-corrected chi connectivity index (χ2v) is 4.89. The molecule has 1 aliphatic rings. The maximum absolute atomic E-state index is 4.28. The van der Waals surface area contributed by atoms with E-state index in [1.807, 2.05) is 10.9 Å². The van der Waals surface area contributed by atoms with Crippen LogP contribution in [0.5, 0.6) is 0 Å². The second kappa shape index (κ2) is 3.96. The number of hydrogen-bond acceptors (Lipinski definition) is 2. The Labute approximate surface area is 92.2 Å². The summed E-state index contributed by atoms with van der Waals surface area (Å²) in [5.74, 6) is 0. The van der Waals surface area contributed by atoms with Gasteiger partial charge in [-0.2, -0.15) is 5.10 Å². The number of hydrogen-bond donors (Lipinski definition) is 0. The summed E-state index contributed by atoms with van der Waals surface area (Å²) in [7, 11) is 0. The lowest BCUT2D eigenvalue weighted by Gasteiger charge is -2.20. The average molecular weight is 291 g/mol. The minimum atomic E-state index is 0.724. The molecule has 0 amide bonds. The fourth-order valence-corrected chi connectivity index (χ4v) is 2.25. The molecule has 2 heterocycles. The van der Waals surface area contributed by atoms with Crippen molar-refractivity contribution in [2.24, 2.45) is 0 Å². The largest absolute Gasteiger partial charge is 0.282 e. The highest BCUT2D eigenvalue weighted by Crippen LogP contribution is 2.16. The Morgan fingerprint density at radius 3 is 3.08 bits per heavy atom. The van der Waals surface area contributed by atoms with E-state index < -0.39 is 0 Å². The van der Waals surface area contributed by atoms with Crippen molar-refractivity contribution in [1.82, 2.24) is 14.7 Å². The van der Waals surface area contributed by atoms with Crippen molar-refractivity contribution in [3.05, 3.63) is 16.0 Å². The highest BCUT2D eigenvalue weighted by atomic mass is 127. The van der Waals surface area contributed by atoms with Crippen LogP contribution in [0.2, 0.25) is 0 Å². The molecular formula is C9H14IN3. The van der Waals surface area contributed by atoms with E-state index in [0.29, 0.717) is 0 Å². The monoisotopic (exact) mass is 291 g/mol. The van der Waals surface area contributed by atoms with Crippen LogP contribution in [0.3, 0.4) is 0 Å². The molecule has 1 saturated heterocycles. The summed E-state index contributed by atoms with van der Waals surface area (Å²) in [5.41, 5.74) is 0. The Morgan fingerprint density at radius 2 is 2.54 bits per heavy atom. The summed E-state index contributed by atoms with van der Waals surface area (Å²) in [6, 6.07) is 0.724. The van der Waals surface area contributed by atoms with Gasteiger partial charge in [-0.05, 0) is 42.4 Å². The highest BCUT2D eigenvalue weighted by Gasteiger charge is 2.19. The minimum Gasteiger partial charge on any atom is -0.282 e. The molecule has 1 aliphatic heterocycles. The van der Waals surface area contributed by atoms with Crippen molar-refractivity contribution in [1.29, 1.82) is 0 Å². The first-order chi connectivity index (χ1) is 6.25. The van der Waals surface area contributed by atoms with E-state index in [4.69, 9.17) is 0 Å². The minimum absolute atomic E-state index is 0.724. The number of halogens is 1. The lowest BCUT2D eigenvalue weighted by Crippen LogP contribution is -2.29. The molecule has 0 aliphatic carbocycles. The van der Waals surface area contributed by atoms with Crippen molar-refractivity contribution in [3.63, 3.8) is 0 Å². The molecule has 0 N–H and O–H groups in total. The molecule has 0 aromatic carbocycles. The van der Waals surface area contributed by atoms with Crippen LogP contribution in [-0.2, 0) is 6.67 Å². The summed E-state index contributed by atoms with van der Waals surface area (Å²) in [6.07, 6.45) is 6.66. The van der Waals surface area contributed by atoms with E-state index in [9.17, 15) is 0 Å². The van der Waals surface area contributed by atoms with Gasteiger partial charge in [0, 0.05) is 18.8 Å². The van der Waals surface area contributed by atoms with Gasteiger partial charge in [-0.25, -0.2) is 0 Å². The molecule has 4 heteroatoms. The fourth-order valence-electron chi connectivity index (χ4n) is 1.80. The number of rotatable bonds is 2. The Balaban J connectivity index is 1.97. The fraction of sp³-hybridized carbons (Fsp3) is 0.667. The maximum Gasteiger partial charge on any atom is 0.0931 e. The Bertz CT molecular complexity index is 284. The summed E-state index contributed by atoms with van der Waals surface area (Å²) in [6.45, 7) is 4.46. The molecular weight excluding hydrogens is 277 g/mol. The SMILES string of the molecule is CC1CCCN1Cn1cc(I)cn1. The quantitative estimate of drug-likeness (QED) is 0.776. The van der Waals surface area contributed by atoms with Gasteiger partial charge in [0.05, 0.1) is 16.4 Å². The molecule has 0 radical (unpaired) electrons. The van der Waals surface area contributed by atoms with Gasteiger partial charge in [0.15, 0.2) is 0 Å². The topological polar surface area (TPSA) is 21.1 Å². The van der Waals surface area contributed by atoms with Gasteiger partial charge in [-0.3, -0.25) is 9.58 Å². The third-order valence-electron chi connectivity index (χ3n) is 2.62. The smallest absolute Gasteiger partial charge is 0.0931 e. The Morgan fingerprint density at radius 1 is 1.69 bits per heavy atom. The zero-order valence-corrected chi connectivity index (χ0v) is 9.94. The lowest BCUT2D eigenvalue weighted by molar-refractivity contribution is 0.201. The first-order valence-electron chi connectivity index (χ1n) is 4.68. The van der Waals surface area contributed by atoms with Crippen LogP contribution >= 0.6 is 22.6 Å². The average Bonchev–Trinajstić information content (AvgIpc) is 2.64. The lowest BCUT2D eigenvalue weighted by atomic mass is 10.2. The number of aromatic nitrogens is 2. The van der Waals surface area contributed by atoms with Crippen molar-refractivity contribution < 1.29 is 0 Å². The molecule has 1 fully saturated rings. The summed E-state index contributed by atoms with van der Waals surface area (Å²) in [4.78, 5) is 2.48. The van der Waals surface area contributed by atoms with Crippen LogP contribution in [0.25, 0.3) is 0 Å². The maximum atomic E-state index is 4.28. The molecule has 3 nitrogen and oxygen atoms in total. The molecule has 1 atom stereocenters. The van der Waals surface area contributed by atoms with Crippen molar-refractivity contribution in [3.8, 4) is 0 Å². The zero-order chi connectivity index (χ0) is 9.26. The standard InChI is InChI=1S/C9H14IN3/c1-8-3-2-4-12(8)7-13-6-9(10)5-11-13/h5-6,8H,2-4,7H2,1H3. The van der Waals surface area contributed by atoms with Crippen LogP contribution in [-0.4, -0.2) is 27.3 Å². The molecule has 1 aromatic rings. The molecule has 2 rings (SSSR count). The molecule has 72 valence electrons. The van der Waals surface area contributed by atoms with Gasteiger partial charge in [-0.15, -0.1) is 0 Å². The molecule has 1 unspecified atom stereocenters. The predicted octanol–water partition coefficient (Wildman–Crippen LogP) is 1.93. The summed E-state index contributed by atoms with van der Waals surface area (Å²) in [5, 5.41) is 4.28. The van der Waals surface area contributed by atoms with Crippen molar-refractivity contribution in [2.45, 2.75) is 32.5 Å². The van der Waals surface area contributed by atoms with Crippen LogP contribution in [0.4, 0.5) is 0 Å². The van der Waals surface area contributed by atoms with Gasteiger partial charge in [-0.1, -0.05) is 0 Å². The summed E-state index contributed by atoms with van der Waals surface area (Å²) < 4.78 is 3.23. The van der Waals surface area contributed by atoms with Crippen molar-refractivity contribution >= 4 is 22.6 Å². The Hall–Kier alpha value is -0.100. The number of likely N-dealkylation sites (tertiary alicyclic amines) is 1. The second-order valence-electron chi connectivity index (χ2n) is 3.64. The van der Waals surface area contributed by atoms with Crippen molar-refractivity contribution in [2.75, 3.05) is 6.54 Å². The molecule has 13 heavy (non-hydrogen) atoms. The van der Waals surface area contributed by atoms with E-state index in [2.05, 4.69) is 45.7 Å². The third kappa shape index (κ3) is 2.22. The first kappa shape index (κ1) is 9.45. The van der Waals surface area contributed by atoms with Gasteiger partial charge in [0.1, 0.15) is 0 Å². The molecule has 0 saturated carbocycles.